The minimum Gasteiger partial charge on any atom is -0.444 e. The Labute approximate surface area is 79.6 Å². The standard InChI is InChI=1S/C9H19NO3/c1-5-6-12-7-10-8(11)13-9(2,3)4/h5-7H2,1-4H3,(H,10,11). The van der Waals surface area contributed by atoms with E-state index >= 15 is 0 Å². The van der Waals surface area contributed by atoms with Crippen LogP contribution in [0.4, 0.5) is 4.79 Å². The maximum Gasteiger partial charge on any atom is 0.409 e. The number of ether oxygens (including phenoxy) is 2. The number of alkyl carbamates (subject to hydrolysis) is 1. The highest BCUT2D eigenvalue weighted by Crippen LogP contribution is 2.05. The van der Waals surface area contributed by atoms with Gasteiger partial charge in [0, 0.05) is 6.61 Å². The molecule has 0 aliphatic carbocycles. The van der Waals surface area contributed by atoms with Crippen LogP contribution in [-0.2, 0) is 9.47 Å². The van der Waals surface area contributed by atoms with Crippen molar-refractivity contribution in [2.45, 2.75) is 39.7 Å². The number of amides is 1. The highest BCUT2D eigenvalue weighted by molar-refractivity contribution is 5.67. The zero-order valence-electron chi connectivity index (χ0n) is 8.85. The van der Waals surface area contributed by atoms with Crippen LogP contribution in [0.5, 0.6) is 0 Å². The Morgan fingerprint density at radius 2 is 2.00 bits per heavy atom. The van der Waals surface area contributed by atoms with E-state index in [1.807, 2.05) is 27.7 Å². The van der Waals surface area contributed by atoms with Gasteiger partial charge in [-0.2, -0.15) is 0 Å². The Morgan fingerprint density at radius 3 is 2.46 bits per heavy atom. The number of hydrogen-bond donors (Lipinski definition) is 1. The van der Waals surface area contributed by atoms with Crippen LogP contribution in [-0.4, -0.2) is 25.0 Å². The first-order chi connectivity index (χ1) is 5.95. The van der Waals surface area contributed by atoms with Gasteiger partial charge >= 0.3 is 6.09 Å². The van der Waals surface area contributed by atoms with Gasteiger partial charge in [-0.25, -0.2) is 4.79 Å². The van der Waals surface area contributed by atoms with Crippen molar-refractivity contribution in [2.75, 3.05) is 13.3 Å². The summed E-state index contributed by atoms with van der Waals surface area (Å²) < 4.78 is 10.0. The molecule has 13 heavy (non-hydrogen) atoms. The molecule has 0 aromatic rings. The van der Waals surface area contributed by atoms with Gasteiger partial charge in [-0.05, 0) is 27.2 Å². The zero-order chi connectivity index (χ0) is 10.3. The molecule has 1 N–H and O–H groups in total. The summed E-state index contributed by atoms with van der Waals surface area (Å²) in [7, 11) is 0. The smallest absolute Gasteiger partial charge is 0.409 e. The first-order valence-corrected chi connectivity index (χ1v) is 4.50. The van der Waals surface area contributed by atoms with Crippen molar-refractivity contribution < 1.29 is 14.3 Å². The van der Waals surface area contributed by atoms with E-state index in [4.69, 9.17) is 9.47 Å². The van der Waals surface area contributed by atoms with E-state index in [9.17, 15) is 4.79 Å². The van der Waals surface area contributed by atoms with Gasteiger partial charge in [0.25, 0.3) is 0 Å². The third kappa shape index (κ3) is 9.14. The quantitative estimate of drug-likeness (QED) is 0.542. The Morgan fingerprint density at radius 1 is 1.38 bits per heavy atom. The molecule has 0 atom stereocenters. The summed E-state index contributed by atoms with van der Waals surface area (Å²) in [6.45, 7) is 8.32. The van der Waals surface area contributed by atoms with Gasteiger partial charge in [0.1, 0.15) is 12.3 Å². The van der Waals surface area contributed by atoms with Crippen LogP contribution < -0.4 is 5.32 Å². The van der Waals surface area contributed by atoms with Crippen LogP contribution in [0.1, 0.15) is 34.1 Å². The highest BCUT2D eigenvalue weighted by Gasteiger charge is 2.15. The molecular weight excluding hydrogens is 170 g/mol. The summed E-state index contributed by atoms with van der Waals surface area (Å²) in [5.74, 6) is 0. The average Bonchev–Trinajstić information content (AvgIpc) is 1.94. The van der Waals surface area contributed by atoms with Gasteiger partial charge < -0.3 is 9.47 Å². The van der Waals surface area contributed by atoms with Gasteiger partial charge in [0.15, 0.2) is 0 Å². The maximum absolute atomic E-state index is 11.0. The van der Waals surface area contributed by atoms with Crippen LogP contribution >= 0.6 is 0 Å². The van der Waals surface area contributed by atoms with Crippen molar-refractivity contribution >= 4 is 6.09 Å². The molecule has 0 aliphatic rings. The Hall–Kier alpha value is -0.770. The molecule has 0 radical (unpaired) electrons. The molecular formula is C9H19NO3. The van der Waals surface area contributed by atoms with Crippen LogP contribution in [0.15, 0.2) is 0 Å². The van der Waals surface area contributed by atoms with E-state index in [1.165, 1.54) is 0 Å². The fourth-order valence-corrected chi connectivity index (χ4v) is 0.641. The lowest BCUT2D eigenvalue weighted by Gasteiger charge is -2.19. The number of hydrogen-bond acceptors (Lipinski definition) is 3. The lowest BCUT2D eigenvalue weighted by molar-refractivity contribution is 0.0393. The average molecular weight is 189 g/mol. The predicted molar refractivity (Wildman–Crippen MR) is 50.5 cm³/mol. The molecule has 4 heteroatoms. The summed E-state index contributed by atoms with van der Waals surface area (Å²) in [6, 6.07) is 0. The lowest BCUT2D eigenvalue weighted by atomic mass is 10.2. The first-order valence-electron chi connectivity index (χ1n) is 4.50. The first kappa shape index (κ1) is 12.2. The second-order valence-electron chi connectivity index (χ2n) is 3.73. The highest BCUT2D eigenvalue weighted by atomic mass is 16.6. The van der Waals surface area contributed by atoms with Crippen molar-refractivity contribution in [3.8, 4) is 0 Å². The van der Waals surface area contributed by atoms with Crippen LogP contribution in [0.2, 0.25) is 0 Å². The predicted octanol–water partition coefficient (Wildman–Crippen LogP) is 1.90. The van der Waals surface area contributed by atoms with Crippen molar-refractivity contribution in [2.24, 2.45) is 0 Å². The largest absolute Gasteiger partial charge is 0.444 e. The molecule has 0 saturated heterocycles. The van der Waals surface area contributed by atoms with Crippen LogP contribution in [0, 0.1) is 0 Å². The number of carbonyl (C=O) groups excluding carboxylic acids is 1. The monoisotopic (exact) mass is 189 g/mol. The second kappa shape index (κ2) is 5.80. The molecule has 0 spiro atoms. The Kier molecular flexibility index (Phi) is 5.46. The minimum absolute atomic E-state index is 0.211. The third-order valence-electron chi connectivity index (χ3n) is 1.07. The van der Waals surface area contributed by atoms with Gasteiger partial charge in [-0.3, -0.25) is 5.32 Å². The van der Waals surface area contributed by atoms with E-state index in [0.717, 1.165) is 6.42 Å². The second-order valence-corrected chi connectivity index (χ2v) is 3.73. The molecule has 0 bridgehead atoms. The van der Waals surface area contributed by atoms with E-state index in [2.05, 4.69) is 5.32 Å². The van der Waals surface area contributed by atoms with Crippen molar-refractivity contribution in [1.82, 2.24) is 5.32 Å². The minimum atomic E-state index is -0.450. The molecule has 78 valence electrons. The molecule has 0 saturated carbocycles. The summed E-state index contributed by atoms with van der Waals surface area (Å²) in [4.78, 5) is 11.0. The Balaban J connectivity index is 3.41. The molecule has 0 rings (SSSR count). The molecule has 1 amide bonds. The van der Waals surface area contributed by atoms with Crippen molar-refractivity contribution in [3.63, 3.8) is 0 Å². The van der Waals surface area contributed by atoms with Crippen LogP contribution in [0.3, 0.4) is 0 Å². The fraction of sp³-hybridized carbons (Fsp3) is 0.889. The molecule has 0 aromatic carbocycles. The number of rotatable bonds is 4. The number of carbonyl (C=O) groups is 1. The van der Waals surface area contributed by atoms with E-state index < -0.39 is 11.7 Å². The van der Waals surface area contributed by atoms with Crippen molar-refractivity contribution in [1.29, 1.82) is 0 Å². The van der Waals surface area contributed by atoms with Gasteiger partial charge in [0.2, 0.25) is 0 Å². The molecule has 0 unspecified atom stereocenters. The van der Waals surface area contributed by atoms with Gasteiger partial charge in [-0.1, -0.05) is 6.92 Å². The molecule has 0 aromatic heterocycles. The molecule has 0 heterocycles. The topological polar surface area (TPSA) is 47.6 Å². The molecule has 0 fully saturated rings. The summed E-state index contributed by atoms with van der Waals surface area (Å²) in [6.07, 6.45) is 0.499. The van der Waals surface area contributed by atoms with Gasteiger partial charge in [0.05, 0.1) is 0 Å². The summed E-state index contributed by atoms with van der Waals surface area (Å²) in [5, 5.41) is 2.49. The zero-order valence-corrected chi connectivity index (χ0v) is 8.85. The normalized spacial score (nSPS) is 11.1. The van der Waals surface area contributed by atoms with Crippen molar-refractivity contribution in [3.05, 3.63) is 0 Å². The van der Waals surface area contributed by atoms with E-state index in [1.54, 1.807) is 0 Å². The van der Waals surface area contributed by atoms with E-state index in [-0.39, 0.29) is 6.73 Å². The Bertz CT molecular complexity index is 151. The summed E-state index contributed by atoms with van der Waals surface area (Å²) >= 11 is 0. The summed E-state index contributed by atoms with van der Waals surface area (Å²) in [5.41, 5.74) is -0.450. The molecule has 0 aliphatic heterocycles. The van der Waals surface area contributed by atoms with Gasteiger partial charge in [-0.15, -0.1) is 0 Å². The van der Waals surface area contributed by atoms with E-state index in [0.29, 0.717) is 6.61 Å². The lowest BCUT2D eigenvalue weighted by Crippen LogP contribution is -2.33. The number of nitrogens with one attached hydrogen (secondary N) is 1. The molecule has 4 nitrogen and oxygen atoms in total. The fourth-order valence-electron chi connectivity index (χ4n) is 0.641. The third-order valence-corrected chi connectivity index (χ3v) is 1.07. The van der Waals surface area contributed by atoms with Crippen LogP contribution in [0.25, 0.3) is 0 Å². The maximum atomic E-state index is 11.0. The SMILES string of the molecule is CCCOCNC(=O)OC(C)(C)C.